The van der Waals surface area contributed by atoms with Gasteiger partial charge in [0.15, 0.2) is 6.10 Å². The molecule has 2 rings (SSSR count). The van der Waals surface area contributed by atoms with Gasteiger partial charge in [-0.05, 0) is 37.5 Å². The van der Waals surface area contributed by atoms with E-state index < -0.39 is 29.8 Å². The minimum absolute atomic E-state index is 0.0867. The number of amides is 3. The number of hydrogen-bond donors (Lipinski definition) is 2. The van der Waals surface area contributed by atoms with E-state index >= 15 is 0 Å². The van der Waals surface area contributed by atoms with Crippen LogP contribution in [-0.4, -0.2) is 30.1 Å². The molecule has 7 heteroatoms. The Morgan fingerprint density at radius 1 is 1.29 bits per heavy atom. The molecule has 1 aromatic carbocycles. The summed E-state index contributed by atoms with van der Waals surface area (Å²) in [5.74, 6) is -1.81. The number of rotatable bonds is 5. The van der Waals surface area contributed by atoms with Crippen LogP contribution in [0, 0.1) is 5.82 Å². The first-order chi connectivity index (χ1) is 11.4. The molecule has 24 heavy (non-hydrogen) atoms. The SMILES string of the molecule is C[C@H](OC(=O)Cc1cccc(F)c1)C(=O)NC(=O)NC1CCCC1. The van der Waals surface area contributed by atoms with Crippen molar-refractivity contribution in [2.45, 2.75) is 51.2 Å². The number of halogens is 1. The minimum Gasteiger partial charge on any atom is -0.452 e. The van der Waals surface area contributed by atoms with Gasteiger partial charge in [-0.1, -0.05) is 25.0 Å². The largest absolute Gasteiger partial charge is 0.452 e. The Hall–Kier alpha value is -2.44. The molecule has 0 radical (unpaired) electrons. The van der Waals surface area contributed by atoms with Crippen LogP contribution in [0.25, 0.3) is 0 Å². The maximum absolute atomic E-state index is 13.1. The van der Waals surface area contributed by atoms with E-state index in [2.05, 4.69) is 10.6 Å². The van der Waals surface area contributed by atoms with Crippen molar-refractivity contribution in [2.75, 3.05) is 0 Å². The molecule has 1 aliphatic carbocycles. The minimum atomic E-state index is -1.11. The summed E-state index contributed by atoms with van der Waals surface area (Å²) in [6, 6.07) is 5.07. The monoisotopic (exact) mass is 336 g/mol. The van der Waals surface area contributed by atoms with Crippen molar-refractivity contribution < 1.29 is 23.5 Å². The highest BCUT2D eigenvalue weighted by Crippen LogP contribution is 2.17. The van der Waals surface area contributed by atoms with Crippen LogP contribution >= 0.6 is 0 Å². The van der Waals surface area contributed by atoms with Gasteiger partial charge in [0.25, 0.3) is 5.91 Å². The average Bonchev–Trinajstić information content (AvgIpc) is 2.99. The fraction of sp³-hybridized carbons (Fsp3) is 0.471. The molecule has 6 nitrogen and oxygen atoms in total. The van der Waals surface area contributed by atoms with E-state index in [1.165, 1.54) is 25.1 Å². The highest BCUT2D eigenvalue weighted by atomic mass is 19.1. The van der Waals surface area contributed by atoms with Crippen molar-refractivity contribution >= 4 is 17.9 Å². The molecule has 0 bridgehead atoms. The molecule has 2 N–H and O–H groups in total. The highest BCUT2D eigenvalue weighted by Gasteiger charge is 2.22. The number of nitrogens with one attached hydrogen (secondary N) is 2. The molecule has 0 aliphatic heterocycles. The Morgan fingerprint density at radius 3 is 2.67 bits per heavy atom. The number of carbonyl (C=O) groups is 3. The lowest BCUT2D eigenvalue weighted by Crippen LogP contribution is -2.47. The van der Waals surface area contributed by atoms with Crippen molar-refractivity contribution in [3.8, 4) is 0 Å². The van der Waals surface area contributed by atoms with Gasteiger partial charge in [-0.2, -0.15) is 0 Å². The first-order valence-corrected chi connectivity index (χ1v) is 7.99. The van der Waals surface area contributed by atoms with E-state index in [-0.39, 0.29) is 12.5 Å². The molecule has 1 fully saturated rings. The van der Waals surface area contributed by atoms with E-state index in [0.717, 1.165) is 25.7 Å². The molecule has 1 saturated carbocycles. The third-order valence-corrected chi connectivity index (χ3v) is 3.84. The molecule has 0 heterocycles. The molecular formula is C17H21FN2O4. The number of esters is 1. The van der Waals surface area contributed by atoms with Gasteiger partial charge in [0.1, 0.15) is 5.82 Å². The first kappa shape index (κ1) is 17.9. The van der Waals surface area contributed by atoms with Gasteiger partial charge in [0.05, 0.1) is 6.42 Å². The van der Waals surface area contributed by atoms with Gasteiger partial charge in [-0.25, -0.2) is 9.18 Å². The van der Waals surface area contributed by atoms with Crippen LogP contribution in [0.2, 0.25) is 0 Å². The Balaban J connectivity index is 1.75. The molecule has 1 aliphatic rings. The lowest BCUT2D eigenvalue weighted by atomic mass is 10.1. The molecule has 1 atom stereocenters. The zero-order chi connectivity index (χ0) is 17.5. The van der Waals surface area contributed by atoms with Crippen LogP contribution in [0.1, 0.15) is 38.2 Å². The highest BCUT2D eigenvalue weighted by molar-refractivity contribution is 5.97. The standard InChI is InChI=1S/C17H21FN2O4/c1-11(16(22)20-17(23)19-14-7-2-3-8-14)24-15(21)10-12-5-4-6-13(18)9-12/h4-6,9,11,14H,2-3,7-8,10H2,1H3,(H2,19,20,22,23)/t11-/m0/s1. The zero-order valence-electron chi connectivity index (χ0n) is 13.5. The van der Waals surface area contributed by atoms with Crippen LogP contribution < -0.4 is 10.6 Å². The summed E-state index contributed by atoms with van der Waals surface area (Å²) in [6.07, 6.45) is 2.67. The van der Waals surface area contributed by atoms with E-state index in [9.17, 15) is 18.8 Å². The van der Waals surface area contributed by atoms with E-state index in [4.69, 9.17) is 4.74 Å². The van der Waals surface area contributed by atoms with Gasteiger partial charge in [-0.3, -0.25) is 14.9 Å². The molecule has 0 aromatic heterocycles. The second-order valence-electron chi connectivity index (χ2n) is 5.88. The lowest BCUT2D eigenvalue weighted by molar-refractivity contribution is -0.153. The predicted molar refractivity (Wildman–Crippen MR) is 84.6 cm³/mol. The smallest absolute Gasteiger partial charge is 0.321 e. The molecule has 1 aromatic rings. The van der Waals surface area contributed by atoms with Gasteiger partial charge < -0.3 is 10.1 Å². The molecule has 0 saturated heterocycles. The third kappa shape index (κ3) is 5.64. The Bertz CT molecular complexity index is 614. The van der Waals surface area contributed by atoms with Crippen molar-refractivity contribution in [3.63, 3.8) is 0 Å². The number of imide groups is 1. The van der Waals surface area contributed by atoms with Crippen molar-refractivity contribution in [1.29, 1.82) is 0 Å². The third-order valence-electron chi connectivity index (χ3n) is 3.84. The average molecular weight is 336 g/mol. The van der Waals surface area contributed by atoms with Crippen LogP contribution in [0.3, 0.4) is 0 Å². The Labute approximate surface area is 139 Å². The number of urea groups is 1. The summed E-state index contributed by atoms with van der Waals surface area (Å²) in [4.78, 5) is 35.3. The van der Waals surface area contributed by atoms with Crippen LogP contribution in [0.15, 0.2) is 24.3 Å². The predicted octanol–water partition coefficient (Wildman–Crippen LogP) is 2.07. The van der Waals surface area contributed by atoms with E-state index in [1.54, 1.807) is 6.07 Å². The van der Waals surface area contributed by atoms with Crippen molar-refractivity contribution in [3.05, 3.63) is 35.6 Å². The van der Waals surface area contributed by atoms with Crippen molar-refractivity contribution in [1.82, 2.24) is 10.6 Å². The topological polar surface area (TPSA) is 84.5 Å². The molecular weight excluding hydrogens is 315 g/mol. The van der Waals surface area contributed by atoms with Crippen LogP contribution in [0.4, 0.5) is 9.18 Å². The molecule has 0 spiro atoms. The second-order valence-corrected chi connectivity index (χ2v) is 5.88. The van der Waals surface area contributed by atoms with Gasteiger partial charge >= 0.3 is 12.0 Å². The maximum atomic E-state index is 13.1. The van der Waals surface area contributed by atoms with Crippen LogP contribution in [-0.2, 0) is 20.7 Å². The van der Waals surface area contributed by atoms with Gasteiger partial charge in [-0.15, -0.1) is 0 Å². The second kappa shape index (κ2) is 8.42. The molecule has 0 unspecified atom stereocenters. The van der Waals surface area contributed by atoms with Gasteiger partial charge in [0.2, 0.25) is 0 Å². The first-order valence-electron chi connectivity index (χ1n) is 7.99. The summed E-state index contributed by atoms with van der Waals surface area (Å²) in [5.41, 5.74) is 0.451. The normalized spacial score (nSPS) is 15.6. The summed E-state index contributed by atoms with van der Waals surface area (Å²) in [6.45, 7) is 1.38. The fourth-order valence-corrected chi connectivity index (χ4v) is 2.61. The molecule has 3 amide bonds. The van der Waals surface area contributed by atoms with Crippen LogP contribution in [0.5, 0.6) is 0 Å². The Kier molecular flexibility index (Phi) is 6.28. The summed E-state index contributed by atoms with van der Waals surface area (Å²) in [5, 5.41) is 4.87. The zero-order valence-corrected chi connectivity index (χ0v) is 13.5. The fourth-order valence-electron chi connectivity index (χ4n) is 2.61. The number of ether oxygens (including phenoxy) is 1. The quantitative estimate of drug-likeness (QED) is 0.806. The van der Waals surface area contributed by atoms with Gasteiger partial charge in [0, 0.05) is 6.04 Å². The summed E-state index contributed by atoms with van der Waals surface area (Å²) in [7, 11) is 0. The number of hydrogen-bond acceptors (Lipinski definition) is 4. The van der Waals surface area contributed by atoms with E-state index in [0.29, 0.717) is 5.56 Å². The number of benzene rings is 1. The van der Waals surface area contributed by atoms with E-state index in [1.807, 2.05) is 0 Å². The number of carbonyl (C=O) groups excluding carboxylic acids is 3. The summed E-state index contributed by atoms with van der Waals surface area (Å²) >= 11 is 0. The maximum Gasteiger partial charge on any atom is 0.321 e. The Morgan fingerprint density at radius 2 is 2.00 bits per heavy atom. The molecule has 130 valence electrons. The lowest BCUT2D eigenvalue weighted by Gasteiger charge is -2.15. The van der Waals surface area contributed by atoms with Crippen molar-refractivity contribution in [2.24, 2.45) is 0 Å². The summed E-state index contributed by atoms with van der Waals surface area (Å²) < 4.78 is 18.0.